The lowest BCUT2D eigenvalue weighted by Crippen LogP contribution is -2.47. The monoisotopic (exact) mass is 248 g/mol. The highest BCUT2D eigenvalue weighted by atomic mass is 16.5. The number of hydrogen-bond donors (Lipinski definition) is 1. The molecule has 0 bridgehead atoms. The van der Waals surface area contributed by atoms with Crippen LogP contribution in [-0.4, -0.2) is 32.2 Å². The standard InChI is InChI=1S/C14H20N2O2/c1-16(12-5-3-2-4-6-12)14(17)13(15)11-7-9-18-10-8-11/h2-6,11,13H,7-10,15H2,1H3. The Labute approximate surface area is 108 Å². The number of amides is 1. The van der Waals surface area contributed by atoms with Crippen LogP contribution in [0.4, 0.5) is 5.69 Å². The number of carbonyl (C=O) groups excluding carboxylic acids is 1. The van der Waals surface area contributed by atoms with Gasteiger partial charge >= 0.3 is 0 Å². The molecule has 1 aliphatic heterocycles. The Kier molecular flexibility index (Phi) is 4.33. The minimum atomic E-state index is -0.431. The molecule has 1 saturated heterocycles. The highest BCUT2D eigenvalue weighted by molar-refractivity contribution is 5.96. The molecular weight excluding hydrogens is 228 g/mol. The molecule has 1 aliphatic rings. The van der Waals surface area contributed by atoms with E-state index in [2.05, 4.69) is 0 Å². The lowest BCUT2D eigenvalue weighted by molar-refractivity contribution is -0.121. The quantitative estimate of drug-likeness (QED) is 0.879. The van der Waals surface area contributed by atoms with E-state index in [1.54, 1.807) is 11.9 Å². The minimum absolute atomic E-state index is 0.0203. The van der Waals surface area contributed by atoms with Crippen molar-refractivity contribution in [3.8, 4) is 0 Å². The van der Waals surface area contributed by atoms with Gasteiger partial charge in [0.15, 0.2) is 0 Å². The van der Waals surface area contributed by atoms with Crippen LogP contribution in [0.2, 0.25) is 0 Å². The summed E-state index contributed by atoms with van der Waals surface area (Å²) in [6.45, 7) is 1.42. The molecule has 1 aromatic carbocycles. The van der Waals surface area contributed by atoms with E-state index in [1.807, 2.05) is 30.3 Å². The summed E-state index contributed by atoms with van der Waals surface area (Å²) in [5, 5.41) is 0. The molecule has 1 fully saturated rings. The molecule has 1 aromatic rings. The second-order valence-electron chi connectivity index (χ2n) is 4.71. The molecular formula is C14H20N2O2. The molecule has 4 heteroatoms. The van der Waals surface area contributed by atoms with E-state index in [4.69, 9.17) is 10.5 Å². The summed E-state index contributed by atoms with van der Waals surface area (Å²) >= 11 is 0. The van der Waals surface area contributed by atoms with E-state index in [9.17, 15) is 4.79 Å². The maximum Gasteiger partial charge on any atom is 0.243 e. The molecule has 0 radical (unpaired) electrons. The van der Waals surface area contributed by atoms with Crippen molar-refractivity contribution in [1.82, 2.24) is 0 Å². The van der Waals surface area contributed by atoms with E-state index >= 15 is 0 Å². The van der Waals surface area contributed by atoms with Crippen LogP contribution in [0.5, 0.6) is 0 Å². The number of ether oxygens (including phenoxy) is 1. The van der Waals surface area contributed by atoms with Crippen molar-refractivity contribution in [2.45, 2.75) is 18.9 Å². The van der Waals surface area contributed by atoms with E-state index in [1.165, 1.54) is 0 Å². The average molecular weight is 248 g/mol. The zero-order valence-electron chi connectivity index (χ0n) is 10.7. The molecule has 1 unspecified atom stereocenters. The van der Waals surface area contributed by atoms with Gasteiger partial charge in [-0.25, -0.2) is 0 Å². The highest BCUT2D eigenvalue weighted by Crippen LogP contribution is 2.20. The number of nitrogens with two attached hydrogens (primary N) is 1. The largest absolute Gasteiger partial charge is 0.381 e. The lowest BCUT2D eigenvalue weighted by Gasteiger charge is -2.29. The van der Waals surface area contributed by atoms with Gasteiger partial charge in [-0.1, -0.05) is 18.2 Å². The van der Waals surface area contributed by atoms with Gasteiger partial charge in [0, 0.05) is 25.9 Å². The third kappa shape index (κ3) is 2.89. The molecule has 2 rings (SSSR count). The topological polar surface area (TPSA) is 55.6 Å². The number of likely N-dealkylation sites (N-methyl/N-ethyl adjacent to an activating group) is 1. The highest BCUT2D eigenvalue weighted by Gasteiger charge is 2.28. The normalized spacial score (nSPS) is 18.3. The van der Waals surface area contributed by atoms with Gasteiger partial charge in [0.25, 0.3) is 0 Å². The van der Waals surface area contributed by atoms with Gasteiger partial charge < -0.3 is 15.4 Å². The molecule has 2 N–H and O–H groups in total. The third-order valence-corrected chi connectivity index (χ3v) is 3.53. The van der Waals surface area contributed by atoms with Gasteiger partial charge in [0.2, 0.25) is 5.91 Å². The van der Waals surface area contributed by atoms with E-state index in [0.717, 1.165) is 18.5 Å². The second kappa shape index (κ2) is 5.98. The van der Waals surface area contributed by atoms with E-state index in [0.29, 0.717) is 13.2 Å². The molecule has 1 atom stereocenters. The van der Waals surface area contributed by atoms with Crippen molar-refractivity contribution in [3.05, 3.63) is 30.3 Å². The minimum Gasteiger partial charge on any atom is -0.381 e. The van der Waals surface area contributed by atoms with Gasteiger partial charge in [-0.3, -0.25) is 4.79 Å². The van der Waals surface area contributed by atoms with Gasteiger partial charge in [0.05, 0.1) is 6.04 Å². The first-order valence-electron chi connectivity index (χ1n) is 6.36. The third-order valence-electron chi connectivity index (χ3n) is 3.53. The SMILES string of the molecule is CN(C(=O)C(N)C1CCOCC1)c1ccccc1. The van der Waals surface area contributed by atoms with Crippen LogP contribution >= 0.6 is 0 Å². The summed E-state index contributed by atoms with van der Waals surface area (Å²) in [7, 11) is 1.77. The average Bonchev–Trinajstić information content (AvgIpc) is 2.47. The van der Waals surface area contributed by atoms with E-state index in [-0.39, 0.29) is 11.8 Å². The summed E-state index contributed by atoms with van der Waals surface area (Å²) in [6.07, 6.45) is 1.74. The maximum absolute atomic E-state index is 12.3. The van der Waals surface area contributed by atoms with Crippen LogP contribution in [0, 0.1) is 5.92 Å². The zero-order valence-corrected chi connectivity index (χ0v) is 10.7. The molecule has 18 heavy (non-hydrogen) atoms. The number of rotatable bonds is 3. The summed E-state index contributed by atoms with van der Waals surface area (Å²) in [6, 6.07) is 9.15. The van der Waals surface area contributed by atoms with Gasteiger partial charge in [-0.15, -0.1) is 0 Å². The van der Waals surface area contributed by atoms with Crippen LogP contribution in [0.3, 0.4) is 0 Å². The Balaban J connectivity index is 2.01. The smallest absolute Gasteiger partial charge is 0.243 e. The maximum atomic E-state index is 12.3. The van der Waals surface area contributed by atoms with Crippen molar-refractivity contribution in [3.63, 3.8) is 0 Å². The first-order valence-corrected chi connectivity index (χ1v) is 6.36. The second-order valence-corrected chi connectivity index (χ2v) is 4.71. The molecule has 98 valence electrons. The number of anilines is 1. The molecule has 4 nitrogen and oxygen atoms in total. The Morgan fingerprint density at radius 2 is 1.94 bits per heavy atom. The Hall–Kier alpha value is -1.39. The fourth-order valence-corrected chi connectivity index (χ4v) is 2.28. The van der Waals surface area contributed by atoms with Crippen LogP contribution in [0.25, 0.3) is 0 Å². The first kappa shape index (κ1) is 13.1. The molecule has 0 spiro atoms. The van der Waals surface area contributed by atoms with Gasteiger partial charge in [-0.05, 0) is 30.9 Å². The number of nitrogens with zero attached hydrogens (tertiary/aromatic N) is 1. The summed E-state index contributed by atoms with van der Waals surface area (Å²) in [4.78, 5) is 13.9. The van der Waals surface area contributed by atoms with Crippen molar-refractivity contribution in [1.29, 1.82) is 0 Å². The number of para-hydroxylation sites is 1. The van der Waals surface area contributed by atoms with Crippen LogP contribution < -0.4 is 10.6 Å². The first-order chi connectivity index (χ1) is 8.70. The molecule has 0 aliphatic carbocycles. The molecule has 1 amide bonds. The molecule has 1 heterocycles. The van der Waals surface area contributed by atoms with Gasteiger partial charge in [-0.2, -0.15) is 0 Å². The van der Waals surface area contributed by atoms with Crippen molar-refractivity contribution < 1.29 is 9.53 Å². The van der Waals surface area contributed by atoms with Crippen LogP contribution in [-0.2, 0) is 9.53 Å². The molecule has 0 saturated carbocycles. The van der Waals surface area contributed by atoms with Crippen LogP contribution in [0.1, 0.15) is 12.8 Å². The fourth-order valence-electron chi connectivity index (χ4n) is 2.28. The molecule has 0 aromatic heterocycles. The van der Waals surface area contributed by atoms with Crippen LogP contribution in [0.15, 0.2) is 30.3 Å². The summed E-state index contributed by atoms with van der Waals surface area (Å²) in [5.41, 5.74) is 6.96. The number of carbonyl (C=O) groups is 1. The zero-order chi connectivity index (χ0) is 13.0. The predicted octanol–water partition coefficient (Wildman–Crippen LogP) is 1.40. The number of benzene rings is 1. The van der Waals surface area contributed by atoms with Crippen molar-refractivity contribution in [2.24, 2.45) is 11.7 Å². The van der Waals surface area contributed by atoms with Crippen molar-refractivity contribution >= 4 is 11.6 Å². The fraction of sp³-hybridized carbons (Fsp3) is 0.500. The summed E-state index contributed by atoms with van der Waals surface area (Å²) in [5.74, 6) is 0.213. The number of hydrogen-bond acceptors (Lipinski definition) is 3. The van der Waals surface area contributed by atoms with E-state index < -0.39 is 6.04 Å². The lowest BCUT2D eigenvalue weighted by atomic mass is 9.91. The Morgan fingerprint density at radius 3 is 2.56 bits per heavy atom. The Bertz CT molecular complexity index is 388. The Morgan fingerprint density at radius 1 is 1.33 bits per heavy atom. The van der Waals surface area contributed by atoms with Gasteiger partial charge in [0.1, 0.15) is 0 Å². The predicted molar refractivity (Wildman–Crippen MR) is 71.4 cm³/mol. The van der Waals surface area contributed by atoms with Crippen molar-refractivity contribution in [2.75, 3.05) is 25.2 Å². The summed E-state index contributed by atoms with van der Waals surface area (Å²) < 4.78 is 5.29.